The first-order chi connectivity index (χ1) is 5.13. The molecule has 12 heavy (non-hydrogen) atoms. The Morgan fingerprint density at radius 1 is 1.33 bits per heavy atom. The van der Waals surface area contributed by atoms with Crippen molar-refractivity contribution < 1.29 is 61.3 Å². The van der Waals surface area contributed by atoms with E-state index in [9.17, 15) is 9.90 Å². The van der Waals surface area contributed by atoms with Crippen molar-refractivity contribution in [2.24, 2.45) is 0 Å². The van der Waals surface area contributed by atoms with Crippen molar-refractivity contribution >= 4 is 29.2 Å². The zero-order chi connectivity index (χ0) is 8.43. The first kappa shape index (κ1) is 12.9. The number of hydrogen-bond acceptors (Lipinski definition) is 2. The molecule has 0 aliphatic heterocycles. The van der Waals surface area contributed by atoms with Gasteiger partial charge in [0.15, 0.2) is 0 Å². The van der Waals surface area contributed by atoms with Crippen LogP contribution in [-0.4, -0.2) is 5.97 Å². The molecule has 0 spiro atoms. The Hall–Kier alpha value is 0.906. The van der Waals surface area contributed by atoms with E-state index in [1.807, 2.05) is 0 Å². The molecule has 58 valence electrons. The van der Waals surface area contributed by atoms with Crippen LogP contribution in [0.1, 0.15) is 10.4 Å². The Labute approximate surface area is 122 Å². The maximum absolute atomic E-state index is 10.3. The van der Waals surface area contributed by atoms with E-state index >= 15 is 0 Å². The van der Waals surface area contributed by atoms with Gasteiger partial charge >= 0.3 is 51.4 Å². The zero-order valence-corrected chi connectivity index (χ0v) is 10.9. The van der Waals surface area contributed by atoms with Crippen molar-refractivity contribution in [2.45, 2.75) is 0 Å². The molecule has 2 nitrogen and oxygen atoms in total. The molecular weight excluding hydrogens is 226 g/mol. The van der Waals surface area contributed by atoms with Gasteiger partial charge in [0.1, 0.15) is 0 Å². The molecule has 0 aliphatic carbocycles. The van der Waals surface area contributed by atoms with E-state index in [-0.39, 0.29) is 67.0 Å². The largest absolute Gasteiger partial charge is 1.00 e. The van der Waals surface area contributed by atoms with Crippen LogP contribution in [0.3, 0.4) is 0 Å². The van der Waals surface area contributed by atoms with Crippen molar-refractivity contribution in [1.29, 1.82) is 0 Å². The average Bonchev–Trinajstić information content (AvgIpc) is 1.94. The Morgan fingerprint density at radius 2 is 1.92 bits per heavy atom. The van der Waals surface area contributed by atoms with Gasteiger partial charge in [0.2, 0.25) is 0 Å². The molecule has 0 heterocycles. The number of halogens is 2. The fourth-order valence-electron chi connectivity index (χ4n) is 0.661. The molecular formula is C7H3Cl2KO2. The summed E-state index contributed by atoms with van der Waals surface area (Å²) in [5.74, 6) is -1.32. The van der Waals surface area contributed by atoms with E-state index < -0.39 is 5.97 Å². The summed E-state index contributed by atoms with van der Waals surface area (Å²) in [6, 6.07) is 4.35. The standard InChI is InChI=1S/C7H4Cl2O2.K/c8-5-3-1-2-4(6(5)9)7(10)11;/h1-3H,(H,10,11);/q;+1/p-1. The van der Waals surface area contributed by atoms with Gasteiger partial charge in [0.05, 0.1) is 16.0 Å². The zero-order valence-electron chi connectivity index (χ0n) is 6.30. The monoisotopic (exact) mass is 228 g/mol. The summed E-state index contributed by atoms with van der Waals surface area (Å²) in [4.78, 5) is 10.3. The topological polar surface area (TPSA) is 40.1 Å². The average molecular weight is 229 g/mol. The number of rotatable bonds is 1. The number of benzene rings is 1. The number of aromatic carboxylic acids is 1. The molecule has 0 saturated heterocycles. The number of hydrogen-bond donors (Lipinski definition) is 0. The Morgan fingerprint density at radius 3 is 2.33 bits per heavy atom. The summed E-state index contributed by atoms with van der Waals surface area (Å²) in [6.45, 7) is 0. The van der Waals surface area contributed by atoms with E-state index in [2.05, 4.69) is 0 Å². The van der Waals surface area contributed by atoms with E-state index in [4.69, 9.17) is 23.2 Å². The van der Waals surface area contributed by atoms with Crippen LogP contribution in [0.4, 0.5) is 0 Å². The molecule has 0 atom stereocenters. The van der Waals surface area contributed by atoms with Gasteiger partial charge in [0.25, 0.3) is 0 Å². The van der Waals surface area contributed by atoms with E-state index in [0.717, 1.165) is 0 Å². The van der Waals surface area contributed by atoms with Gasteiger partial charge < -0.3 is 9.90 Å². The normalized spacial score (nSPS) is 8.83. The third-order valence-corrected chi connectivity index (χ3v) is 1.99. The minimum Gasteiger partial charge on any atom is -0.545 e. The smallest absolute Gasteiger partial charge is 0.545 e. The van der Waals surface area contributed by atoms with E-state index in [1.165, 1.54) is 18.2 Å². The van der Waals surface area contributed by atoms with Gasteiger partial charge in [-0.2, -0.15) is 0 Å². The molecule has 0 aromatic heterocycles. The molecule has 0 aliphatic rings. The molecule has 5 heteroatoms. The maximum Gasteiger partial charge on any atom is 1.00 e. The summed E-state index contributed by atoms with van der Waals surface area (Å²) in [5.41, 5.74) is -0.0841. The van der Waals surface area contributed by atoms with Crippen molar-refractivity contribution in [1.82, 2.24) is 0 Å². The number of carboxylic acids is 1. The summed E-state index contributed by atoms with van der Waals surface area (Å²) in [6.07, 6.45) is 0. The van der Waals surface area contributed by atoms with Crippen molar-refractivity contribution in [3.63, 3.8) is 0 Å². The van der Waals surface area contributed by atoms with E-state index in [0.29, 0.717) is 0 Å². The van der Waals surface area contributed by atoms with Gasteiger partial charge in [-0.15, -0.1) is 0 Å². The second-order valence-electron chi connectivity index (χ2n) is 1.89. The van der Waals surface area contributed by atoms with Crippen LogP contribution in [0.2, 0.25) is 10.0 Å². The third kappa shape index (κ3) is 2.99. The Balaban J connectivity index is 0.00000121. The van der Waals surface area contributed by atoms with Gasteiger partial charge in [-0.05, 0) is 6.07 Å². The molecule has 0 radical (unpaired) electrons. The first-order valence-corrected chi connectivity index (χ1v) is 3.54. The predicted molar refractivity (Wildman–Crippen MR) is 40.8 cm³/mol. The SMILES string of the molecule is O=C([O-])c1cccc(Cl)c1Cl.[K+]. The van der Waals surface area contributed by atoms with Gasteiger partial charge in [0, 0.05) is 5.56 Å². The molecule has 1 aromatic carbocycles. The molecule has 1 aromatic rings. The van der Waals surface area contributed by atoms with Crippen LogP contribution in [0.25, 0.3) is 0 Å². The second kappa shape index (κ2) is 5.60. The van der Waals surface area contributed by atoms with Crippen molar-refractivity contribution in [2.75, 3.05) is 0 Å². The van der Waals surface area contributed by atoms with Crippen LogP contribution in [-0.2, 0) is 0 Å². The van der Waals surface area contributed by atoms with Crippen LogP contribution in [0.5, 0.6) is 0 Å². The van der Waals surface area contributed by atoms with Crippen molar-refractivity contribution in [3.8, 4) is 0 Å². The summed E-state index contributed by atoms with van der Waals surface area (Å²) in [5, 5.41) is 10.6. The predicted octanol–water partition coefficient (Wildman–Crippen LogP) is -1.64. The molecule has 0 amide bonds. The maximum atomic E-state index is 10.3. The minimum absolute atomic E-state index is 0. The fraction of sp³-hybridized carbons (Fsp3) is 0. The summed E-state index contributed by atoms with van der Waals surface area (Å²) in [7, 11) is 0. The molecule has 0 fully saturated rings. The molecule has 0 N–H and O–H groups in total. The molecule has 0 bridgehead atoms. The number of carbonyl (C=O) groups is 1. The number of carboxylic acid groups (broad SMARTS) is 1. The van der Waals surface area contributed by atoms with Gasteiger partial charge in [-0.25, -0.2) is 0 Å². The summed E-state index contributed by atoms with van der Waals surface area (Å²) >= 11 is 11.1. The van der Waals surface area contributed by atoms with Crippen molar-refractivity contribution in [3.05, 3.63) is 33.8 Å². The first-order valence-electron chi connectivity index (χ1n) is 2.78. The van der Waals surface area contributed by atoms with Crippen LogP contribution in [0.15, 0.2) is 18.2 Å². The Bertz CT molecular complexity index is 301. The van der Waals surface area contributed by atoms with Crippen LogP contribution >= 0.6 is 23.2 Å². The molecule has 0 unspecified atom stereocenters. The third-order valence-electron chi connectivity index (χ3n) is 1.17. The second-order valence-corrected chi connectivity index (χ2v) is 2.67. The fourth-order valence-corrected chi connectivity index (χ4v) is 1.04. The van der Waals surface area contributed by atoms with E-state index in [1.54, 1.807) is 0 Å². The van der Waals surface area contributed by atoms with Gasteiger partial charge in [-0.1, -0.05) is 35.3 Å². The minimum atomic E-state index is -1.32. The number of carbonyl (C=O) groups excluding carboxylic acids is 1. The summed E-state index contributed by atoms with van der Waals surface area (Å²) < 4.78 is 0. The van der Waals surface area contributed by atoms with Crippen LogP contribution < -0.4 is 56.5 Å². The van der Waals surface area contributed by atoms with Gasteiger partial charge in [-0.3, -0.25) is 0 Å². The Kier molecular flexibility index (Phi) is 6.02. The molecule has 1 rings (SSSR count). The quantitative estimate of drug-likeness (QED) is 0.542. The van der Waals surface area contributed by atoms with Crippen LogP contribution in [0, 0.1) is 0 Å². The molecule has 0 saturated carbocycles.